The molecule has 2 aromatic carbocycles. The highest BCUT2D eigenvalue weighted by Gasteiger charge is 2.39. The molecule has 0 N–H and O–H groups in total. The standard InChI is InChI=1S/C30H41N3O2/c1-5-19-31-20-18-26-11-9-12-27(22-31)33(26)29(25-10-8-13-28(21-25)35-4)23-14-16-24(17-15-23)30(34)32(6-2)7-3/h5,8,10,13-17,21,26-27,29H,1,6-7,9,11-12,18-20,22H2,2-4H3. The van der Waals surface area contributed by atoms with E-state index in [1.165, 1.54) is 36.8 Å². The van der Waals surface area contributed by atoms with Crippen molar-refractivity contribution in [2.24, 2.45) is 0 Å². The predicted octanol–water partition coefficient (Wildman–Crippen LogP) is 5.38. The van der Waals surface area contributed by atoms with Crippen LogP contribution in [0.4, 0.5) is 0 Å². The van der Waals surface area contributed by atoms with Crippen LogP contribution in [-0.4, -0.2) is 72.5 Å². The molecule has 3 atom stereocenters. The van der Waals surface area contributed by atoms with Crippen LogP contribution in [0, 0.1) is 0 Å². The third-order valence-corrected chi connectivity index (χ3v) is 7.78. The number of benzene rings is 2. The Morgan fingerprint density at radius 1 is 1.09 bits per heavy atom. The Hall–Kier alpha value is -2.63. The van der Waals surface area contributed by atoms with Gasteiger partial charge in [0.15, 0.2) is 0 Å². The molecule has 5 nitrogen and oxygen atoms in total. The summed E-state index contributed by atoms with van der Waals surface area (Å²) in [4.78, 5) is 20.1. The van der Waals surface area contributed by atoms with Gasteiger partial charge in [0.1, 0.15) is 5.75 Å². The highest BCUT2D eigenvalue weighted by Crippen LogP contribution is 2.40. The van der Waals surface area contributed by atoms with Gasteiger partial charge >= 0.3 is 0 Å². The minimum Gasteiger partial charge on any atom is -0.497 e. The highest BCUT2D eigenvalue weighted by molar-refractivity contribution is 5.94. The van der Waals surface area contributed by atoms with Gasteiger partial charge in [-0.15, -0.1) is 6.58 Å². The van der Waals surface area contributed by atoms with Crippen molar-refractivity contribution in [2.45, 2.75) is 57.7 Å². The van der Waals surface area contributed by atoms with Crippen LogP contribution in [0.5, 0.6) is 5.75 Å². The van der Waals surface area contributed by atoms with E-state index in [2.05, 4.69) is 46.7 Å². The molecule has 3 unspecified atom stereocenters. The average molecular weight is 476 g/mol. The van der Waals surface area contributed by atoms with E-state index < -0.39 is 0 Å². The lowest BCUT2D eigenvalue weighted by Crippen LogP contribution is -2.50. The number of fused-ring (bicyclic) bond motifs is 2. The Labute approximate surface area is 211 Å². The van der Waals surface area contributed by atoms with Crippen LogP contribution in [0.15, 0.2) is 61.2 Å². The lowest BCUT2D eigenvalue weighted by atomic mass is 9.87. The van der Waals surface area contributed by atoms with Crippen molar-refractivity contribution in [1.82, 2.24) is 14.7 Å². The SMILES string of the molecule is C=CCN1CCC2CCCC(C1)N2C(c1ccc(C(=O)N(CC)CC)cc1)c1cccc(OC)c1. The Morgan fingerprint density at radius 3 is 2.51 bits per heavy atom. The maximum Gasteiger partial charge on any atom is 0.253 e. The van der Waals surface area contributed by atoms with Crippen LogP contribution >= 0.6 is 0 Å². The van der Waals surface area contributed by atoms with E-state index >= 15 is 0 Å². The third kappa shape index (κ3) is 5.62. The predicted molar refractivity (Wildman–Crippen MR) is 143 cm³/mol. The first-order valence-corrected chi connectivity index (χ1v) is 13.2. The first-order chi connectivity index (χ1) is 17.1. The number of rotatable bonds is 9. The number of carbonyl (C=O) groups excluding carboxylic acids is 1. The van der Waals surface area contributed by atoms with Crippen molar-refractivity contribution in [2.75, 3.05) is 39.8 Å². The van der Waals surface area contributed by atoms with Gasteiger partial charge < -0.3 is 9.64 Å². The molecule has 0 aromatic heterocycles. The molecule has 0 aliphatic carbocycles. The molecule has 1 amide bonds. The van der Waals surface area contributed by atoms with Crippen LogP contribution in [0.1, 0.15) is 67.1 Å². The minimum atomic E-state index is 0.103. The summed E-state index contributed by atoms with van der Waals surface area (Å²) in [6.45, 7) is 12.6. The monoisotopic (exact) mass is 475 g/mol. The van der Waals surface area contributed by atoms with E-state index in [0.29, 0.717) is 12.1 Å². The molecular formula is C30H41N3O2. The van der Waals surface area contributed by atoms with Crippen LogP contribution in [0.2, 0.25) is 0 Å². The van der Waals surface area contributed by atoms with Crippen LogP contribution in [0.25, 0.3) is 0 Å². The molecule has 0 spiro atoms. The van der Waals surface area contributed by atoms with Crippen LogP contribution in [-0.2, 0) is 0 Å². The highest BCUT2D eigenvalue weighted by atomic mass is 16.5. The van der Waals surface area contributed by atoms with Gasteiger partial charge in [-0.2, -0.15) is 0 Å². The maximum absolute atomic E-state index is 12.9. The van der Waals surface area contributed by atoms with Crippen molar-refractivity contribution in [3.8, 4) is 5.75 Å². The lowest BCUT2D eigenvalue weighted by Gasteiger charge is -2.46. The van der Waals surface area contributed by atoms with E-state index in [1.54, 1.807) is 7.11 Å². The average Bonchev–Trinajstić information content (AvgIpc) is 2.98. The van der Waals surface area contributed by atoms with Crippen LogP contribution in [0.3, 0.4) is 0 Å². The van der Waals surface area contributed by atoms with Crippen molar-refractivity contribution in [1.29, 1.82) is 0 Å². The van der Waals surface area contributed by atoms with Gasteiger partial charge in [0.25, 0.3) is 5.91 Å². The molecule has 2 saturated heterocycles. The summed E-state index contributed by atoms with van der Waals surface area (Å²) < 4.78 is 5.61. The topological polar surface area (TPSA) is 36.0 Å². The second-order valence-electron chi connectivity index (χ2n) is 9.80. The normalized spacial score (nSPS) is 21.7. The van der Waals surface area contributed by atoms with Gasteiger partial charge in [-0.25, -0.2) is 0 Å². The van der Waals surface area contributed by atoms with E-state index in [1.807, 2.05) is 43.0 Å². The van der Waals surface area contributed by atoms with Crippen molar-refractivity contribution in [3.63, 3.8) is 0 Å². The summed E-state index contributed by atoms with van der Waals surface area (Å²) in [5.41, 5.74) is 3.25. The molecule has 0 radical (unpaired) electrons. The second kappa shape index (κ2) is 11.9. The molecule has 188 valence electrons. The Balaban J connectivity index is 1.73. The first kappa shape index (κ1) is 25.5. The second-order valence-corrected chi connectivity index (χ2v) is 9.80. The molecule has 2 fully saturated rings. The molecule has 2 heterocycles. The maximum atomic E-state index is 12.9. The molecule has 2 aliphatic rings. The van der Waals surface area contributed by atoms with Gasteiger partial charge in [0.05, 0.1) is 13.2 Å². The Kier molecular flexibility index (Phi) is 8.64. The smallest absolute Gasteiger partial charge is 0.253 e. The molecule has 0 saturated carbocycles. The zero-order valence-corrected chi connectivity index (χ0v) is 21.7. The van der Waals surface area contributed by atoms with E-state index in [0.717, 1.165) is 44.0 Å². The zero-order valence-electron chi connectivity index (χ0n) is 21.7. The Morgan fingerprint density at radius 2 is 1.83 bits per heavy atom. The number of nitrogens with zero attached hydrogens (tertiary/aromatic N) is 3. The summed E-state index contributed by atoms with van der Waals surface area (Å²) in [6.07, 6.45) is 6.94. The summed E-state index contributed by atoms with van der Waals surface area (Å²) in [5.74, 6) is 0.986. The third-order valence-electron chi connectivity index (χ3n) is 7.78. The molecule has 4 rings (SSSR count). The summed E-state index contributed by atoms with van der Waals surface area (Å²) in [6, 6.07) is 18.0. The van der Waals surface area contributed by atoms with Crippen molar-refractivity contribution >= 4 is 5.91 Å². The number of piperidine rings is 1. The fourth-order valence-electron chi connectivity index (χ4n) is 6.01. The zero-order chi connectivity index (χ0) is 24.8. The molecule has 2 bridgehead atoms. The first-order valence-electron chi connectivity index (χ1n) is 13.2. The Bertz CT molecular complexity index is 985. The van der Waals surface area contributed by atoms with Gasteiger partial charge in [0.2, 0.25) is 0 Å². The van der Waals surface area contributed by atoms with Gasteiger partial charge in [-0.3, -0.25) is 14.6 Å². The molecular weight excluding hydrogens is 434 g/mol. The summed E-state index contributed by atoms with van der Waals surface area (Å²) in [7, 11) is 1.73. The fourth-order valence-corrected chi connectivity index (χ4v) is 6.01. The molecule has 2 aliphatic heterocycles. The number of ether oxygens (including phenoxy) is 1. The van der Waals surface area contributed by atoms with Crippen LogP contribution < -0.4 is 4.74 Å². The lowest BCUT2D eigenvalue weighted by molar-refractivity contribution is 0.0562. The molecule has 5 heteroatoms. The fraction of sp³-hybridized carbons (Fsp3) is 0.500. The summed E-state index contributed by atoms with van der Waals surface area (Å²) >= 11 is 0. The van der Waals surface area contributed by atoms with Gasteiger partial charge in [-0.05, 0) is 68.5 Å². The van der Waals surface area contributed by atoms with Crippen molar-refractivity contribution in [3.05, 3.63) is 77.9 Å². The number of amides is 1. The minimum absolute atomic E-state index is 0.103. The van der Waals surface area contributed by atoms with Crippen molar-refractivity contribution < 1.29 is 9.53 Å². The van der Waals surface area contributed by atoms with E-state index in [9.17, 15) is 4.79 Å². The quantitative estimate of drug-likeness (QED) is 0.456. The summed E-state index contributed by atoms with van der Waals surface area (Å²) in [5, 5.41) is 0. The number of methoxy groups -OCH3 is 1. The molecule has 35 heavy (non-hydrogen) atoms. The number of hydrogen-bond acceptors (Lipinski definition) is 4. The number of hydrogen-bond donors (Lipinski definition) is 0. The van der Waals surface area contributed by atoms with E-state index in [4.69, 9.17) is 4.74 Å². The van der Waals surface area contributed by atoms with Gasteiger partial charge in [0, 0.05) is 50.4 Å². The molecule has 2 aromatic rings. The van der Waals surface area contributed by atoms with E-state index in [-0.39, 0.29) is 11.9 Å². The number of carbonyl (C=O) groups is 1. The van der Waals surface area contributed by atoms with Gasteiger partial charge in [-0.1, -0.05) is 36.8 Å². The largest absolute Gasteiger partial charge is 0.497 e.